The number of anilines is 2. The lowest BCUT2D eigenvalue weighted by molar-refractivity contribution is 0.0526. The van der Waals surface area contributed by atoms with Crippen molar-refractivity contribution in [3.05, 3.63) is 52.0 Å². The molecule has 0 radical (unpaired) electrons. The minimum absolute atomic E-state index is 0.286. The van der Waals surface area contributed by atoms with Crippen LogP contribution in [-0.4, -0.2) is 41.0 Å². The second-order valence-electron chi connectivity index (χ2n) is 7.86. The van der Waals surface area contributed by atoms with Gasteiger partial charge >= 0.3 is 5.97 Å². The Morgan fingerprint density at radius 2 is 2.03 bits per heavy atom. The molecule has 2 aromatic heterocycles. The first-order valence-corrected chi connectivity index (χ1v) is 11.2. The summed E-state index contributed by atoms with van der Waals surface area (Å²) < 4.78 is 4.98. The van der Waals surface area contributed by atoms with Crippen LogP contribution in [-0.2, 0) is 17.7 Å². The van der Waals surface area contributed by atoms with Gasteiger partial charge in [-0.25, -0.2) is 9.78 Å². The van der Waals surface area contributed by atoms with Crippen LogP contribution in [0, 0.1) is 0 Å². The lowest BCUT2D eigenvalue weighted by Crippen LogP contribution is -2.36. The van der Waals surface area contributed by atoms with E-state index < -0.39 is 0 Å². The third-order valence-corrected chi connectivity index (χ3v) is 6.60. The molecule has 0 saturated heterocycles. The highest BCUT2D eigenvalue weighted by Crippen LogP contribution is 2.35. The number of pyridine rings is 1. The molecule has 8 heteroatoms. The molecule has 7 nitrogen and oxygen atoms in total. The maximum atomic E-state index is 12.9. The molecule has 1 aliphatic rings. The number of fused-ring (bicyclic) bond motifs is 2. The van der Waals surface area contributed by atoms with Crippen LogP contribution in [0.15, 0.2) is 30.3 Å². The van der Waals surface area contributed by atoms with Gasteiger partial charge in [0, 0.05) is 42.3 Å². The lowest BCUT2D eigenvalue weighted by Gasteiger charge is -2.31. The Morgan fingerprint density at radius 3 is 2.71 bits per heavy atom. The third kappa shape index (κ3) is 4.26. The molecule has 0 fully saturated rings. The highest BCUT2D eigenvalue weighted by atomic mass is 32.1. The number of esters is 1. The Hall–Kier alpha value is -2.97. The number of amides is 1. The summed E-state index contributed by atoms with van der Waals surface area (Å²) in [5, 5.41) is 3.68. The molecule has 1 aromatic carbocycles. The summed E-state index contributed by atoms with van der Waals surface area (Å²) in [5.74, 6) is -0.675. The van der Waals surface area contributed by atoms with E-state index in [9.17, 15) is 9.59 Å². The van der Waals surface area contributed by atoms with E-state index in [0.717, 1.165) is 35.4 Å². The molecule has 162 valence electrons. The summed E-state index contributed by atoms with van der Waals surface area (Å²) in [6.45, 7) is 8.29. The zero-order valence-corrected chi connectivity index (χ0v) is 18.7. The number of aromatic nitrogens is 1. The second-order valence-corrected chi connectivity index (χ2v) is 8.86. The van der Waals surface area contributed by atoms with E-state index in [4.69, 9.17) is 15.5 Å². The average Bonchev–Trinajstić information content (AvgIpc) is 3.08. The molecule has 3 N–H and O–H groups in total. The van der Waals surface area contributed by atoms with Gasteiger partial charge in [0.25, 0.3) is 5.91 Å². The number of nitrogens with two attached hydrogens (primary N) is 1. The number of hydrogen-bond donors (Lipinski definition) is 2. The predicted molar refractivity (Wildman–Crippen MR) is 124 cm³/mol. The maximum Gasteiger partial charge on any atom is 0.338 e. The molecule has 1 amide bonds. The van der Waals surface area contributed by atoms with Crippen LogP contribution >= 0.6 is 11.3 Å². The second kappa shape index (κ2) is 8.64. The van der Waals surface area contributed by atoms with E-state index in [1.54, 1.807) is 31.2 Å². The zero-order chi connectivity index (χ0) is 22.1. The van der Waals surface area contributed by atoms with Gasteiger partial charge in [-0.15, -0.1) is 11.3 Å². The van der Waals surface area contributed by atoms with Crippen LogP contribution in [0.5, 0.6) is 0 Å². The highest BCUT2D eigenvalue weighted by Gasteiger charge is 2.23. The standard InChI is InChI=1S/C23H26N4O3S/c1-4-30-23(29)14-5-7-16(8-6-14)25-21(28)20-19(24)17-11-15-12-27(13(2)3)10-9-18(15)26-22(17)31-20/h5-8,11,13H,4,9-10,12,24H2,1-3H3,(H,25,28). The Labute approximate surface area is 185 Å². The van der Waals surface area contributed by atoms with E-state index in [-0.39, 0.29) is 11.9 Å². The fourth-order valence-corrected chi connectivity index (χ4v) is 4.71. The number of benzene rings is 1. The Morgan fingerprint density at radius 1 is 1.29 bits per heavy atom. The number of nitrogen functional groups attached to an aromatic ring is 1. The number of thiophene rings is 1. The van der Waals surface area contributed by atoms with Crippen molar-refractivity contribution in [1.29, 1.82) is 0 Å². The number of rotatable bonds is 5. The molecular weight excluding hydrogens is 412 g/mol. The van der Waals surface area contributed by atoms with Crippen LogP contribution in [0.3, 0.4) is 0 Å². The minimum atomic E-state index is -0.389. The van der Waals surface area contributed by atoms with Gasteiger partial charge in [-0.05, 0) is 56.7 Å². The van der Waals surface area contributed by atoms with Crippen LogP contribution in [0.2, 0.25) is 0 Å². The Bertz CT molecular complexity index is 1140. The summed E-state index contributed by atoms with van der Waals surface area (Å²) in [7, 11) is 0. The van der Waals surface area contributed by atoms with Gasteiger partial charge in [0.1, 0.15) is 9.71 Å². The van der Waals surface area contributed by atoms with Crippen molar-refractivity contribution in [1.82, 2.24) is 9.88 Å². The lowest BCUT2D eigenvalue weighted by atomic mass is 10.0. The molecule has 3 aromatic rings. The topological polar surface area (TPSA) is 97.5 Å². The van der Waals surface area contributed by atoms with Crippen molar-refractivity contribution in [3.8, 4) is 0 Å². The SMILES string of the molecule is CCOC(=O)c1ccc(NC(=O)c2sc3nc4c(cc3c2N)CN(C(C)C)CC4)cc1. The third-order valence-electron chi connectivity index (χ3n) is 5.49. The quantitative estimate of drug-likeness (QED) is 0.583. The van der Waals surface area contributed by atoms with E-state index in [0.29, 0.717) is 34.5 Å². The molecule has 0 atom stereocenters. The van der Waals surface area contributed by atoms with Gasteiger partial charge in [0.15, 0.2) is 0 Å². The first-order valence-electron chi connectivity index (χ1n) is 10.4. The first-order chi connectivity index (χ1) is 14.9. The Balaban J connectivity index is 1.56. The van der Waals surface area contributed by atoms with Crippen LogP contribution in [0.1, 0.15) is 52.1 Å². The molecule has 31 heavy (non-hydrogen) atoms. The fourth-order valence-electron chi connectivity index (χ4n) is 3.72. The molecular formula is C23H26N4O3S. The molecule has 0 bridgehead atoms. The smallest absolute Gasteiger partial charge is 0.338 e. The highest BCUT2D eigenvalue weighted by molar-refractivity contribution is 7.21. The molecule has 0 aliphatic carbocycles. The summed E-state index contributed by atoms with van der Waals surface area (Å²) in [4.78, 5) is 33.1. The van der Waals surface area contributed by atoms with Crippen LogP contribution in [0.4, 0.5) is 11.4 Å². The number of carbonyl (C=O) groups excluding carboxylic acids is 2. The van der Waals surface area contributed by atoms with E-state index in [1.165, 1.54) is 16.9 Å². The summed E-state index contributed by atoms with van der Waals surface area (Å²) in [5.41, 5.74) is 10.1. The number of nitrogens with one attached hydrogen (secondary N) is 1. The van der Waals surface area contributed by atoms with Gasteiger partial charge in [0.05, 0.1) is 17.9 Å². The Kier molecular flexibility index (Phi) is 5.93. The largest absolute Gasteiger partial charge is 0.462 e. The molecule has 0 saturated carbocycles. The van der Waals surface area contributed by atoms with Gasteiger partial charge in [-0.1, -0.05) is 0 Å². The van der Waals surface area contributed by atoms with Crippen LogP contribution in [0.25, 0.3) is 10.2 Å². The zero-order valence-electron chi connectivity index (χ0n) is 17.9. The minimum Gasteiger partial charge on any atom is -0.462 e. The summed E-state index contributed by atoms with van der Waals surface area (Å²) in [6, 6.07) is 9.15. The van der Waals surface area contributed by atoms with Crippen LogP contribution < -0.4 is 11.1 Å². The number of ether oxygens (including phenoxy) is 1. The fraction of sp³-hybridized carbons (Fsp3) is 0.348. The number of hydrogen-bond acceptors (Lipinski definition) is 7. The van der Waals surface area contributed by atoms with Gasteiger partial charge in [0.2, 0.25) is 0 Å². The molecule has 0 spiro atoms. The van der Waals surface area contributed by atoms with Crippen molar-refractivity contribution in [2.75, 3.05) is 24.2 Å². The van der Waals surface area contributed by atoms with Crippen molar-refractivity contribution >= 4 is 44.8 Å². The summed E-state index contributed by atoms with van der Waals surface area (Å²) in [6.07, 6.45) is 0.898. The van der Waals surface area contributed by atoms with Crippen molar-refractivity contribution in [3.63, 3.8) is 0 Å². The normalized spacial score (nSPS) is 13.9. The number of nitrogens with zero attached hydrogens (tertiary/aromatic N) is 2. The predicted octanol–water partition coefficient (Wildman–Crippen LogP) is 4.07. The monoisotopic (exact) mass is 438 g/mol. The average molecular weight is 439 g/mol. The molecule has 4 rings (SSSR count). The molecule has 3 heterocycles. The van der Waals surface area contributed by atoms with Gasteiger partial charge < -0.3 is 15.8 Å². The molecule has 1 aliphatic heterocycles. The van der Waals surface area contributed by atoms with E-state index in [2.05, 4.69) is 30.1 Å². The van der Waals surface area contributed by atoms with Crippen molar-refractivity contribution < 1.29 is 14.3 Å². The van der Waals surface area contributed by atoms with Crippen molar-refractivity contribution in [2.45, 2.75) is 39.8 Å². The maximum absolute atomic E-state index is 12.9. The first kappa shape index (κ1) is 21.3. The van der Waals surface area contributed by atoms with Gasteiger partial charge in [-0.3, -0.25) is 9.69 Å². The summed E-state index contributed by atoms with van der Waals surface area (Å²) >= 11 is 1.31. The van der Waals surface area contributed by atoms with Gasteiger partial charge in [-0.2, -0.15) is 0 Å². The van der Waals surface area contributed by atoms with E-state index >= 15 is 0 Å². The number of carbonyl (C=O) groups is 2. The molecule has 0 unspecified atom stereocenters. The van der Waals surface area contributed by atoms with Crippen molar-refractivity contribution in [2.24, 2.45) is 0 Å². The van der Waals surface area contributed by atoms with E-state index in [1.807, 2.05) is 0 Å².